The third-order valence-electron chi connectivity index (χ3n) is 4.26. The minimum atomic E-state index is -7.45. The lowest BCUT2D eigenvalue weighted by atomic mass is 9.89. The van der Waals surface area contributed by atoms with E-state index < -0.39 is 82.8 Å². The Balaban J connectivity index is 3.76. The van der Waals surface area contributed by atoms with E-state index in [1.165, 1.54) is 0 Å². The Kier molecular flexibility index (Phi) is 6.87. The number of halogens is 18. The predicted molar refractivity (Wildman–Crippen MR) is 76.2 cm³/mol. The Labute approximate surface area is 175 Å². The van der Waals surface area contributed by atoms with E-state index in [1.54, 1.807) is 0 Å². The molecule has 0 nitrogen and oxygen atoms in total. The number of hydrogen-bond acceptors (Lipinski definition) is 0. The zero-order valence-electron chi connectivity index (χ0n) is 15.3. The van der Waals surface area contributed by atoms with Crippen LogP contribution in [0, 0.1) is 0 Å². The average Bonchev–Trinajstić information content (AvgIpc) is 2.64. The fourth-order valence-corrected chi connectivity index (χ4v) is 2.31. The minimum absolute atomic E-state index is 0.245. The number of alkyl halides is 18. The third-order valence-corrected chi connectivity index (χ3v) is 4.26. The van der Waals surface area contributed by atoms with Crippen LogP contribution in [0.15, 0.2) is 24.8 Å². The molecule has 34 heavy (non-hydrogen) atoms. The number of benzene rings is 1. The number of hydrogen-bond donors (Lipinski definition) is 0. The summed E-state index contributed by atoms with van der Waals surface area (Å²) in [6, 6.07) is -2.56. The van der Waals surface area contributed by atoms with Gasteiger partial charge in [-0.15, -0.1) is 0 Å². The summed E-state index contributed by atoms with van der Waals surface area (Å²) in [5, 5.41) is 0. The second kappa shape index (κ2) is 7.86. The Morgan fingerprint density at radius 1 is 0.500 bits per heavy atom. The van der Waals surface area contributed by atoms with E-state index in [4.69, 9.17) is 0 Å². The fraction of sp³-hybridized carbons (Fsp3) is 0.500. The lowest BCUT2D eigenvalue weighted by Crippen LogP contribution is -2.60. The number of rotatable bonds is 7. The molecule has 0 unspecified atom stereocenters. The Morgan fingerprint density at radius 2 is 0.853 bits per heavy atom. The van der Waals surface area contributed by atoms with Crippen LogP contribution in [0.3, 0.4) is 0 Å². The van der Waals surface area contributed by atoms with Gasteiger partial charge >= 0.3 is 47.9 Å². The molecule has 0 aromatic heterocycles. The van der Waals surface area contributed by atoms with Gasteiger partial charge in [0.15, 0.2) is 0 Å². The Hall–Kier alpha value is -2.30. The molecule has 18 heteroatoms. The zero-order chi connectivity index (χ0) is 27.6. The van der Waals surface area contributed by atoms with Crippen LogP contribution in [0.5, 0.6) is 0 Å². The highest BCUT2D eigenvalue weighted by molar-refractivity contribution is 5.56. The van der Waals surface area contributed by atoms with Crippen LogP contribution in [0.2, 0.25) is 0 Å². The first-order chi connectivity index (χ1) is 14.7. The van der Waals surface area contributed by atoms with Gasteiger partial charge < -0.3 is 0 Å². The van der Waals surface area contributed by atoms with Crippen molar-refractivity contribution in [2.45, 2.75) is 47.9 Å². The monoisotopic (exact) mass is 540 g/mol. The topological polar surface area (TPSA) is 0 Å². The zero-order valence-corrected chi connectivity index (χ0v) is 15.3. The van der Waals surface area contributed by atoms with Crippen molar-refractivity contribution in [3.8, 4) is 0 Å². The van der Waals surface area contributed by atoms with Gasteiger partial charge in [-0.3, -0.25) is 0 Å². The van der Waals surface area contributed by atoms with E-state index in [2.05, 4.69) is 6.58 Å². The van der Waals surface area contributed by atoms with Gasteiger partial charge in [0.05, 0.1) is 0 Å². The summed E-state index contributed by atoms with van der Waals surface area (Å²) in [7, 11) is 0. The third kappa shape index (κ3) is 3.95. The highest BCUT2D eigenvalue weighted by Crippen LogP contribution is 2.59. The molecule has 0 amide bonds. The average molecular weight is 540 g/mol. The lowest BCUT2D eigenvalue weighted by Gasteiger charge is -2.35. The molecule has 0 bridgehead atoms. The molecule has 196 valence electrons. The summed E-state index contributed by atoms with van der Waals surface area (Å²) in [5.41, 5.74) is -7.30. The van der Waals surface area contributed by atoms with Crippen molar-refractivity contribution in [1.29, 1.82) is 0 Å². The summed E-state index contributed by atoms with van der Waals surface area (Å²) in [4.78, 5) is 0. The van der Waals surface area contributed by atoms with Crippen molar-refractivity contribution in [2.75, 3.05) is 0 Å². The maximum absolute atomic E-state index is 14.0. The first-order valence-electron chi connectivity index (χ1n) is 7.84. The van der Waals surface area contributed by atoms with E-state index >= 15 is 0 Å². The van der Waals surface area contributed by atoms with Gasteiger partial charge in [0.25, 0.3) is 0 Å². The van der Waals surface area contributed by atoms with Crippen LogP contribution in [-0.2, 0) is 11.8 Å². The summed E-state index contributed by atoms with van der Waals surface area (Å²) in [5.74, 6) is -42.7. The van der Waals surface area contributed by atoms with E-state index in [0.717, 1.165) is 0 Å². The van der Waals surface area contributed by atoms with Crippen LogP contribution in [-0.4, -0.2) is 36.0 Å². The quantitative estimate of drug-likeness (QED) is 0.306. The van der Waals surface area contributed by atoms with Crippen LogP contribution < -0.4 is 0 Å². The van der Waals surface area contributed by atoms with E-state index in [0.29, 0.717) is 0 Å². The van der Waals surface area contributed by atoms with Gasteiger partial charge in [0.2, 0.25) is 0 Å². The second-order valence-electron chi connectivity index (χ2n) is 6.45. The van der Waals surface area contributed by atoms with E-state index in [-0.39, 0.29) is 6.08 Å². The van der Waals surface area contributed by atoms with Crippen LogP contribution >= 0.6 is 0 Å². The lowest BCUT2D eigenvalue weighted by molar-refractivity contribution is -0.400. The molecule has 0 saturated heterocycles. The largest absolute Gasteiger partial charge is 0.460 e. The molecular weight excluding hydrogens is 534 g/mol. The normalized spacial score (nSPS) is 15.5. The van der Waals surface area contributed by atoms with Crippen molar-refractivity contribution in [3.63, 3.8) is 0 Å². The Morgan fingerprint density at radius 3 is 1.18 bits per heavy atom. The molecule has 0 radical (unpaired) electrons. The summed E-state index contributed by atoms with van der Waals surface area (Å²) in [6.07, 6.45) is -14.8. The summed E-state index contributed by atoms with van der Waals surface area (Å²) >= 11 is 0. The first kappa shape index (κ1) is 29.7. The van der Waals surface area contributed by atoms with Gasteiger partial charge in [-0.05, 0) is 11.6 Å². The molecule has 0 aliphatic carbocycles. The summed E-state index contributed by atoms with van der Waals surface area (Å²) in [6.45, 7) is 2.52. The maximum atomic E-state index is 14.0. The standard InChI is InChI=1S/C16H6F18/c1-2-6-5-7(9(17,18)11(21,22)13(25,26)15(29,30)31)3-4-8(6)10(19,20)12(23,24)14(27,28)16(32,33)34/h2-5H,1H2. The second-order valence-corrected chi connectivity index (χ2v) is 6.45. The van der Waals surface area contributed by atoms with Gasteiger partial charge in [-0.25, -0.2) is 0 Å². The molecule has 0 aliphatic heterocycles. The maximum Gasteiger partial charge on any atom is 0.460 e. The SMILES string of the molecule is C=Cc1cc(C(F)(F)C(F)(F)C(F)(F)C(F)(F)F)ccc1C(F)(F)C(F)(F)C(F)(F)C(F)(F)F. The van der Waals surface area contributed by atoms with Gasteiger partial charge in [0.1, 0.15) is 0 Å². The smallest absolute Gasteiger partial charge is 0.194 e. The van der Waals surface area contributed by atoms with Crippen LogP contribution in [0.4, 0.5) is 79.0 Å². The molecule has 0 saturated carbocycles. The molecule has 0 spiro atoms. The van der Waals surface area contributed by atoms with Gasteiger partial charge in [-0.1, -0.05) is 24.8 Å². The fourth-order valence-electron chi connectivity index (χ4n) is 2.31. The van der Waals surface area contributed by atoms with Crippen molar-refractivity contribution in [2.24, 2.45) is 0 Å². The van der Waals surface area contributed by atoms with Crippen molar-refractivity contribution in [1.82, 2.24) is 0 Å². The summed E-state index contributed by atoms with van der Waals surface area (Å²) < 4.78 is 235. The van der Waals surface area contributed by atoms with Crippen LogP contribution in [0.1, 0.15) is 16.7 Å². The molecule has 0 heterocycles. The van der Waals surface area contributed by atoms with Crippen molar-refractivity contribution in [3.05, 3.63) is 41.5 Å². The van der Waals surface area contributed by atoms with Crippen molar-refractivity contribution < 1.29 is 79.0 Å². The Bertz CT molecular complexity index is 917. The molecular formula is C16H6F18. The molecule has 1 aromatic carbocycles. The minimum Gasteiger partial charge on any atom is -0.194 e. The molecule has 0 aliphatic rings. The van der Waals surface area contributed by atoms with E-state index in [9.17, 15) is 79.0 Å². The molecule has 0 atom stereocenters. The van der Waals surface area contributed by atoms with Crippen molar-refractivity contribution >= 4 is 6.08 Å². The first-order valence-corrected chi connectivity index (χ1v) is 7.84. The molecule has 0 fully saturated rings. The van der Waals surface area contributed by atoms with Gasteiger partial charge in [0, 0.05) is 11.1 Å². The van der Waals surface area contributed by atoms with Crippen LogP contribution in [0.25, 0.3) is 6.08 Å². The van der Waals surface area contributed by atoms with E-state index in [1.807, 2.05) is 0 Å². The molecule has 1 rings (SSSR count). The molecule has 0 N–H and O–H groups in total. The molecule has 1 aromatic rings. The highest BCUT2D eigenvalue weighted by Gasteiger charge is 2.83. The predicted octanol–water partition coefficient (Wildman–Crippen LogP) is 8.18. The highest BCUT2D eigenvalue weighted by atomic mass is 19.4. The van der Waals surface area contributed by atoms with Gasteiger partial charge in [-0.2, -0.15) is 79.0 Å².